The van der Waals surface area contributed by atoms with Crippen molar-refractivity contribution in [1.82, 2.24) is 0 Å². The molecule has 6 heteroatoms. The first-order chi connectivity index (χ1) is 12.5. The maximum Gasteiger partial charge on any atom is 0.338 e. The molecule has 0 aliphatic carbocycles. The van der Waals surface area contributed by atoms with Gasteiger partial charge >= 0.3 is 11.9 Å². The van der Waals surface area contributed by atoms with Gasteiger partial charge < -0.3 is 19.3 Å². The number of hydrogen-bond acceptors (Lipinski definition) is 6. The van der Waals surface area contributed by atoms with Crippen LogP contribution in [0.25, 0.3) is 0 Å². The van der Waals surface area contributed by atoms with E-state index in [1.807, 2.05) is 0 Å². The van der Waals surface area contributed by atoms with Crippen LogP contribution in [0, 0.1) is 0 Å². The first-order valence-corrected chi connectivity index (χ1v) is 8.40. The Labute approximate surface area is 151 Å². The zero-order valence-corrected chi connectivity index (χ0v) is 14.3. The summed E-state index contributed by atoms with van der Waals surface area (Å²) in [6, 6.07) is 17.1. The molecule has 1 aliphatic heterocycles. The summed E-state index contributed by atoms with van der Waals surface area (Å²) in [6.45, 7) is 1.70. The Bertz CT molecular complexity index is 682. The van der Waals surface area contributed by atoms with Crippen LogP contribution in [0.5, 0.6) is 0 Å². The minimum atomic E-state index is -1.27. The van der Waals surface area contributed by atoms with E-state index in [9.17, 15) is 14.7 Å². The SMILES string of the molecule is C[C@@H]1O[C@@H](O)[C@H](OC(=O)c2ccccc2)C[C@H]1OC(=O)c1ccccc1. The van der Waals surface area contributed by atoms with E-state index in [1.54, 1.807) is 67.6 Å². The molecule has 3 rings (SSSR count). The highest BCUT2D eigenvalue weighted by molar-refractivity contribution is 5.90. The van der Waals surface area contributed by atoms with E-state index in [0.29, 0.717) is 11.1 Å². The number of hydrogen-bond donors (Lipinski definition) is 1. The average Bonchev–Trinajstić information content (AvgIpc) is 2.66. The molecule has 26 heavy (non-hydrogen) atoms. The molecule has 2 aromatic carbocycles. The van der Waals surface area contributed by atoms with E-state index in [-0.39, 0.29) is 6.42 Å². The summed E-state index contributed by atoms with van der Waals surface area (Å²) in [6.07, 6.45) is -3.21. The summed E-state index contributed by atoms with van der Waals surface area (Å²) < 4.78 is 16.2. The van der Waals surface area contributed by atoms with Gasteiger partial charge in [0.2, 0.25) is 0 Å². The Balaban J connectivity index is 1.65. The van der Waals surface area contributed by atoms with E-state index in [1.165, 1.54) is 0 Å². The zero-order valence-electron chi connectivity index (χ0n) is 14.3. The van der Waals surface area contributed by atoms with Crippen LogP contribution in [-0.4, -0.2) is 41.6 Å². The van der Waals surface area contributed by atoms with Gasteiger partial charge in [0.1, 0.15) is 6.10 Å². The van der Waals surface area contributed by atoms with Crippen LogP contribution in [0.2, 0.25) is 0 Å². The minimum Gasteiger partial charge on any atom is -0.456 e. The second kappa shape index (κ2) is 8.12. The number of carbonyl (C=O) groups is 2. The summed E-state index contributed by atoms with van der Waals surface area (Å²) in [7, 11) is 0. The van der Waals surface area contributed by atoms with Gasteiger partial charge in [-0.1, -0.05) is 36.4 Å². The normalized spacial score (nSPS) is 25.3. The summed E-state index contributed by atoms with van der Waals surface area (Å²) in [4.78, 5) is 24.4. The fraction of sp³-hybridized carbons (Fsp3) is 0.300. The molecule has 1 aliphatic rings. The summed E-state index contributed by atoms with van der Waals surface area (Å²) in [5, 5.41) is 10.1. The number of esters is 2. The Morgan fingerprint density at radius 3 is 1.85 bits per heavy atom. The van der Waals surface area contributed by atoms with Crippen LogP contribution in [0.4, 0.5) is 0 Å². The van der Waals surface area contributed by atoms with E-state index in [0.717, 1.165) is 0 Å². The zero-order chi connectivity index (χ0) is 18.5. The second-order valence-corrected chi connectivity index (χ2v) is 6.09. The smallest absolute Gasteiger partial charge is 0.338 e. The summed E-state index contributed by atoms with van der Waals surface area (Å²) >= 11 is 0. The number of carbonyl (C=O) groups excluding carboxylic acids is 2. The standard InChI is InChI=1S/C20H20O6/c1-13-16(25-18(21)14-8-4-2-5-9-14)12-17(20(23)24-13)26-19(22)15-10-6-3-7-11-15/h2-11,13,16-17,20,23H,12H2,1H3/t13-,16+,17+,20+/m0/s1. The molecule has 0 unspecified atom stereocenters. The summed E-state index contributed by atoms with van der Waals surface area (Å²) in [5.74, 6) is -1.06. The van der Waals surface area contributed by atoms with Gasteiger partial charge in [0.15, 0.2) is 12.4 Å². The predicted octanol–water partition coefficient (Wildman–Crippen LogP) is 2.56. The molecule has 2 aromatic rings. The van der Waals surface area contributed by atoms with Gasteiger partial charge in [-0.2, -0.15) is 0 Å². The van der Waals surface area contributed by atoms with E-state index in [2.05, 4.69) is 0 Å². The van der Waals surface area contributed by atoms with Crippen molar-refractivity contribution in [2.24, 2.45) is 0 Å². The molecule has 0 amide bonds. The summed E-state index contributed by atoms with van der Waals surface area (Å²) in [5.41, 5.74) is 0.791. The van der Waals surface area contributed by atoms with Crippen molar-refractivity contribution in [2.45, 2.75) is 37.9 Å². The molecule has 1 heterocycles. The topological polar surface area (TPSA) is 82.1 Å². The highest BCUT2D eigenvalue weighted by Gasteiger charge is 2.39. The highest BCUT2D eigenvalue weighted by atomic mass is 16.7. The number of aliphatic hydroxyl groups excluding tert-OH is 1. The first-order valence-electron chi connectivity index (χ1n) is 8.40. The molecule has 1 fully saturated rings. The van der Waals surface area contributed by atoms with Gasteiger partial charge in [-0.25, -0.2) is 9.59 Å². The molecule has 0 spiro atoms. The molecule has 136 valence electrons. The quantitative estimate of drug-likeness (QED) is 0.848. The Morgan fingerprint density at radius 2 is 1.35 bits per heavy atom. The van der Waals surface area contributed by atoms with Gasteiger partial charge in [-0.3, -0.25) is 0 Å². The van der Waals surface area contributed by atoms with Crippen LogP contribution in [0.1, 0.15) is 34.1 Å². The van der Waals surface area contributed by atoms with Crippen LogP contribution >= 0.6 is 0 Å². The van der Waals surface area contributed by atoms with Gasteiger partial charge in [0.05, 0.1) is 17.2 Å². The van der Waals surface area contributed by atoms with Gasteiger partial charge in [-0.15, -0.1) is 0 Å². The van der Waals surface area contributed by atoms with Crippen molar-refractivity contribution in [1.29, 1.82) is 0 Å². The van der Waals surface area contributed by atoms with Crippen molar-refractivity contribution in [3.8, 4) is 0 Å². The number of benzene rings is 2. The Morgan fingerprint density at radius 1 is 0.885 bits per heavy atom. The Kier molecular flexibility index (Phi) is 5.65. The first kappa shape index (κ1) is 18.1. The molecule has 1 saturated heterocycles. The van der Waals surface area contributed by atoms with Crippen molar-refractivity contribution >= 4 is 11.9 Å². The lowest BCUT2D eigenvalue weighted by Gasteiger charge is -2.36. The van der Waals surface area contributed by atoms with Gasteiger partial charge in [0, 0.05) is 6.42 Å². The molecular formula is C20H20O6. The van der Waals surface area contributed by atoms with Crippen molar-refractivity contribution < 1.29 is 28.9 Å². The van der Waals surface area contributed by atoms with Gasteiger partial charge in [-0.05, 0) is 31.2 Å². The van der Waals surface area contributed by atoms with Crippen LogP contribution in [-0.2, 0) is 14.2 Å². The maximum absolute atomic E-state index is 12.2. The third kappa shape index (κ3) is 4.28. The predicted molar refractivity (Wildman–Crippen MR) is 92.5 cm³/mol. The second-order valence-electron chi connectivity index (χ2n) is 6.09. The number of ether oxygens (including phenoxy) is 3. The molecule has 0 aromatic heterocycles. The van der Waals surface area contributed by atoms with E-state index < -0.39 is 36.5 Å². The van der Waals surface area contributed by atoms with Gasteiger partial charge in [0.25, 0.3) is 0 Å². The van der Waals surface area contributed by atoms with E-state index in [4.69, 9.17) is 14.2 Å². The Hall–Kier alpha value is -2.70. The van der Waals surface area contributed by atoms with Crippen molar-refractivity contribution in [2.75, 3.05) is 0 Å². The van der Waals surface area contributed by atoms with Crippen LogP contribution < -0.4 is 0 Å². The number of aliphatic hydroxyl groups is 1. The van der Waals surface area contributed by atoms with E-state index >= 15 is 0 Å². The molecule has 4 atom stereocenters. The van der Waals surface area contributed by atoms with Crippen LogP contribution in [0.3, 0.4) is 0 Å². The lowest BCUT2D eigenvalue weighted by molar-refractivity contribution is -0.240. The van der Waals surface area contributed by atoms with Crippen molar-refractivity contribution in [3.05, 3.63) is 71.8 Å². The highest BCUT2D eigenvalue weighted by Crippen LogP contribution is 2.25. The largest absolute Gasteiger partial charge is 0.456 e. The molecule has 1 N–H and O–H groups in total. The molecule has 6 nitrogen and oxygen atoms in total. The monoisotopic (exact) mass is 356 g/mol. The maximum atomic E-state index is 12.2. The third-order valence-corrected chi connectivity index (χ3v) is 4.20. The fourth-order valence-corrected chi connectivity index (χ4v) is 2.74. The molecule has 0 bridgehead atoms. The molecule has 0 radical (unpaired) electrons. The third-order valence-electron chi connectivity index (χ3n) is 4.20. The lowest BCUT2D eigenvalue weighted by atomic mass is 10.0. The van der Waals surface area contributed by atoms with Crippen LogP contribution in [0.15, 0.2) is 60.7 Å². The molecular weight excluding hydrogens is 336 g/mol. The fourth-order valence-electron chi connectivity index (χ4n) is 2.74. The molecule has 0 saturated carbocycles. The minimum absolute atomic E-state index is 0.152. The van der Waals surface area contributed by atoms with Crippen molar-refractivity contribution in [3.63, 3.8) is 0 Å². The number of rotatable bonds is 4. The lowest BCUT2D eigenvalue weighted by Crippen LogP contribution is -2.49. The average molecular weight is 356 g/mol.